The summed E-state index contributed by atoms with van der Waals surface area (Å²) in [7, 11) is 0. The van der Waals surface area contributed by atoms with E-state index in [2.05, 4.69) is 30.3 Å². The monoisotopic (exact) mass is 258 g/mol. The molecule has 0 spiro atoms. The summed E-state index contributed by atoms with van der Waals surface area (Å²) >= 11 is 5.19. The Hall–Kier alpha value is -1.80. The first-order chi connectivity index (χ1) is 8.74. The Bertz CT molecular complexity index is 659. The lowest BCUT2D eigenvalue weighted by Crippen LogP contribution is -1.98. The zero-order valence-electron chi connectivity index (χ0n) is 9.65. The molecule has 0 unspecified atom stereocenters. The van der Waals surface area contributed by atoms with Crippen LogP contribution in [0.4, 0.5) is 4.79 Å². The second kappa shape index (κ2) is 4.46. The maximum absolute atomic E-state index is 10.6. The molecule has 1 aliphatic rings. The van der Waals surface area contributed by atoms with Gasteiger partial charge < -0.3 is 4.74 Å². The van der Waals surface area contributed by atoms with Crippen LogP contribution < -0.4 is 0 Å². The highest BCUT2D eigenvalue weighted by Gasteiger charge is 2.15. The van der Waals surface area contributed by atoms with E-state index in [1.165, 1.54) is 16.3 Å². The number of rotatable bonds is 2. The molecule has 0 fully saturated rings. The maximum atomic E-state index is 10.6. The molecule has 0 heterocycles. The summed E-state index contributed by atoms with van der Waals surface area (Å²) < 4.78 is 4.85. The van der Waals surface area contributed by atoms with E-state index in [1.807, 2.05) is 12.1 Å². The molecular formula is C15H11ClO2. The Morgan fingerprint density at radius 1 is 1.22 bits per heavy atom. The number of halogens is 1. The molecule has 1 aliphatic carbocycles. The molecule has 0 atom stereocenters. The zero-order valence-corrected chi connectivity index (χ0v) is 10.4. The minimum absolute atomic E-state index is 0.244. The van der Waals surface area contributed by atoms with Crippen molar-refractivity contribution in [3.8, 4) is 0 Å². The minimum atomic E-state index is -0.759. The molecule has 0 aromatic heterocycles. The van der Waals surface area contributed by atoms with Crippen LogP contribution in [-0.2, 0) is 11.2 Å². The van der Waals surface area contributed by atoms with Crippen molar-refractivity contribution < 1.29 is 9.53 Å². The number of hydrogen-bond acceptors (Lipinski definition) is 2. The van der Waals surface area contributed by atoms with Gasteiger partial charge in [-0.2, -0.15) is 0 Å². The average Bonchev–Trinajstić information content (AvgIpc) is 2.76. The molecule has 0 saturated heterocycles. The molecule has 0 bridgehead atoms. The van der Waals surface area contributed by atoms with Crippen molar-refractivity contribution in [2.75, 3.05) is 6.61 Å². The van der Waals surface area contributed by atoms with Crippen molar-refractivity contribution in [3.63, 3.8) is 0 Å². The van der Waals surface area contributed by atoms with E-state index < -0.39 is 5.43 Å². The fourth-order valence-electron chi connectivity index (χ4n) is 2.37. The second-order valence-corrected chi connectivity index (χ2v) is 4.62. The van der Waals surface area contributed by atoms with Crippen LogP contribution in [0.1, 0.15) is 11.1 Å². The summed E-state index contributed by atoms with van der Waals surface area (Å²) in [6.45, 7) is 0.244. The van der Waals surface area contributed by atoms with Gasteiger partial charge in [-0.3, -0.25) is 0 Å². The minimum Gasteiger partial charge on any atom is -0.449 e. The number of carbonyl (C=O) groups is 1. The largest absolute Gasteiger partial charge is 0.449 e. The highest BCUT2D eigenvalue weighted by atomic mass is 35.5. The lowest BCUT2D eigenvalue weighted by molar-refractivity contribution is 0.188. The highest BCUT2D eigenvalue weighted by Crippen LogP contribution is 2.31. The van der Waals surface area contributed by atoms with Crippen molar-refractivity contribution in [2.45, 2.75) is 6.42 Å². The van der Waals surface area contributed by atoms with Crippen LogP contribution >= 0.6 is 11.6 Å². The summed E-state index contributed by atoms with van der Waals surface area (Å²) in [4.78, 5) is 10.6. The summed E-state index contributed by atoms with van der Waals surface area (Å²) in [5.41, 5.74) is 2.70. The number of benzene rings is 2. The Labute approximate surface area is 110 Å². The zero-order chi connectivity index (χ0) is 12.5. The fraction of sp³-hybridized carbons (Fsp3) is 0.133. The van der Waals surface area contributed by atoms with Crippen LogP contribution in [0, 0.1) is 0 Å². The third-order valence-electron chi connectivity index (χ3n) is 3.23. The predicted molar refractivity (Wildman–Crippen MR) is 72.8 cm³/mol. The topological polar surface area (TPSA) is 26.3 Å². The lowest BCUT2D eigenvalue weighted by Gasteiger charge is -2.07. The van der Waals surface area contributed by atoms with Crippen LogP contribution in [0.15, 0.2) is 42.5 Å². The van der Waals surface area contributed by atoms with E-state index in [4.69, 9.17) is 16.3 Å². The average molecular weight is 259 g/mol. The summed E-state index contributed by atoms with van der Waals surface area (Å²) in [5, 5.41) is 2.43. The van der Waals surface area contributed by atoms with Gasteiger partial charge in [-0.25, -0.2) is 4.79 Å². The second-order valence-electron chi connectivity index (χ2n) is 4.32. The van der Waals surface area contributed by atoms with Gasteiger partial charge in [0.05, 0.1) is 0 Å². The van der Waals surface area contributed by atoms with Gasteiger partial charge in [-0.15, -0.1) is 0 Å². The first-order valence-electron chi connectivity index (χ1n) is 5.77. The number of hydrogen-bond donors (Lipinski definition) is 0. The lowest BCUT2D eigenvalue weighted by atomic mass is 10.00. The van der Waals surface area contributed by atoms with Gasteiger partial charge in [0.25, 0.3) is 0 Å². The van der Waals surface area contributed by atoms with E-state index in [-0.39, 0.29) is 6.61 Å². The Balaban J connectivity index is 1.98. The molecule has 90 valence electrons. The predicted octanol–water partition coefficient (Wildman–Crippen LogP) is 4.15. The van der Waals surface area contributed by atoms with Gasteiger partial charge in [0.2, 0.25) is 0 Å². The third-order valence-corrected chi connectivity index (χ3v) is 3.34. The third kappa shape index (κ3) is 2.00. The first-order valence-corrected chi connectivity index (χ1v) is 6.15. The normalized spacial score (nSPS) is 13.3. The number of ether oxygens (including phenoxy) is 1. The molecule has 0 N–H and O–H groups in total. The van der Waals surface area contributed by atoms with Crippen molar-refractivity contribution in [1.82, 2.24) is 0 Å². The van der Waals surface area contributed by atoms with Crippen molar-refractivity contribution in [2.24, 2.45) is 0 Å². The van der Waals surface area contributed by atoms with Gasteiger partial charge in [0.1, 0.15) is 6.61 Å². The molecule has 3 heteroatoms. The fourth-order valence-corrected chi connectivity index (χ4v) is 2.42. The molecule has 0 saturated carbocycles. The van der Waals surface area contributed by atoms with E-state index in [1.54, 1.807) is 0 Å². The summed E-state index contributed by atoms with van der Waals surface area (Å²) in [6.07, 6.45) is 2.97. The van der Waals surface area contributed by atoms with Crippen LogP contribution in [0.5, 0.6) is 0 Å². The molecule has 0 radical (unpaired) electrons. The molecule has 3 rings (SSSR count). The molecule has 18 heavy (non-hydrogen) atoms. The van der Waals surface area contributed by atoms with Gasteiger partial charge in [0, 0.05) is 11.6 Å². The quantitative estimate of drug-likeness (QED) is 0.756. The Kier molecular flexibility index (Phi) is 2.80. The molecule has 0 aliphatic heterocycles. The van der Waals surface area contributed by atoms with E-state index in [0.29, 0.717) is 0 Å². The molecular weight excluding hydrogens is 248 g/mol. The van der Waals surface area contributed by atoms with Crippen LogP contribution in [0.2, 0.25) is 0 Å². The Morgan fingerprint density at radius 3 is 2.67 bits per heavy atom. The molecule has 0 amide bonds. The van der Waals surface area contributed by atoms with Gasteiger partial charge >= 0.3 is 5.43 Å². The molecule has 2 aromatic carbocycles. The van der Waals surface area contributed by atoms with E-state index in [0.717, 1.165) is 17.6 Å². The van der Waals surface area contributed by atoms with Crippen LogP contribution in [0.25, 0.3) is 16.3 Å². The first kappa shape index (κ1) is 11.3. The standard InChI is InChI=1S/C15H11ClO2/c16-15(17)18-9-13-6-5-12-7-10-3-1-2-4-11(10)8-14(12)13/h1-4,6-8H,5,9H2. The van der Waals surface area contributed by atoms with Crippen LogP contribution in [0.3, 0.4) is 0 Å². The molecule has 2 aromatic rings. The SMILES string of the molecule is O=C(Cl)OCC1=CCc2cc3ccccc3cc21. The maximum Gasteiger partial charge on any atom is 0.404 e. The summed E-state index contributed by atoms with van der Waals surface area (Å²) in [5.74, 6) is 0. The summed E-state index contributed by atoms with van der Waals surface area (Å²) in [6, 6.07) is 12.6. The van der Waals surface area contributed by atoms with Crippen molar-refractivity contribution in [3.05, 3.63) is 53.6 Å². The van der Waals surface area contributed by atoms with Gasteiger partial charge in [-0.1, -0.05) is 36.4 Å². The van der Waals surface area contributed by atoms with Crippen LogP contribution in [-0.4, -0.2) is 12.0 Å². The highest BCUT2D eigenvalue weighted by molar-refractivity contribution is 6.61. The van der Waals surface area contributed by atoms with E-state index >= 15 is 0 Å². The smallest absolute Gasteiger partial charge is 0.404 e. The van der Waals surface area contributed by atoms with Gasteiger partial charge in [-0.05, 0) is 40.0 Å². The van der Waals surface area contributed by atoms with E-state index in [9.17, 15) is 4.79 Å². The number of carbonyl (C=O) groups excluding carboxylic acids is 1. The number of fused-ring (bicyclic) bond motifs is 2. The van der Waals surface area contributed by atoms with Crippen molar-refractivity contribution >= 4 is 33.4 Å². The van der Waals surface area contributed by atoms with Crippen molar-refractivity contribution in [1.29, 1.82) is 0 Å². The van der Waals surface area contributed by atoms with Gasteiger partial charge in [0.15, 0.2) is 0 Å². The molecule has 2 nitrogen and oxygen atoms in total. The number of allylic oxidation sites excluding steroid dienone is 1. The Morgan fingerprint density at radius 2 is 1.94 bits per heavy atom.